The van der Waals surface area contributed by atoms with Gasteiger partial charge in [-0.1, -0.05) is 17.4 Å². The van der Waals surface area contributed by atoms with Crippen molar-refractivity contribution in [3.63, 3.8) is 0 Å². The smallest absolute Gasteiger partial charge is 0.872 e. The number of likely N-dealkylation sites (N-methyl/N-ethyl adjacent to an activating group) is 2. The Kier molecular flexibility index (Phi) is 31.7. The number of benzene rings is 1. The first kappa shape index (κ1) is 46.1. The van der Waals surface area contributed by atoms with E-state index in [0.717, 1.165) is 13.1 Å². The molecule has 0 spiro atoms. The Hall–Kier alpha value is -0.821. The molecule has 2 radical (unpaired) electrons. The molecule has 1 aromatic carbocycles. The van der Waals surface area contributed by atoms with Crippen LogP contribution in [0.4, 0.5) is 0 Å². The summed E-state index contributed by atoms with van der Waals surface area (Å²) in [6.45, 7) is 2.96. The van der Waals surface area contributed by atoms with Gasteiger partial charge in [-0.3, -0.25) is 14.9 Å². The largest absolute Gasteiger partial charge is 2.00 e. The summed E-state index contributed by atoms with van der Waals surface area (Å²) in [6, 6.07) is 3.28. The van der Waals surface area contributed by atoms with Gasteiger partial charge in [0.05, 0.1) is 13.1 Å². The van der Waals surface area contributed by atoms with E-state index in [0.29, 0.717) is 29.2 Å². The molecular formula is C16H24Cl3Cu2N7O9. The first-order valence-corrected chi connectivity index (χ1v) is 11.7. The van der Waals surface area contributed by atoms with E-state index in [-0.39, 0.29) is 39.9 Å². The zero-order valence-corrected chi connectivity index (χ0v) is 23.8. The maximum Gasteiger partial charge on any atom is 2.00 e. The number of hydrogen-bond donors (Lipinski definition) is 0. The summed E-state index contributed by atoms with van der Waals surface area (Å²) in [5, 5.41) is 12.8. The number of rotatable bonds is 8. The molecule has 0 fully saturated rings. The predicted octanol–water partition coefficient (Wildman–Crippen LogP) is -7.28. The van der Waals surface area contributed by atoms with E-state index in [1.54, 1.807) is 24.6 Å². The molecule has 0 aromatic heterocycles. The van der Waals surface area contributed by atoms with E-state index in [4.69, 9.17) is 59.9 Å². The molecule has 1 aromatic rings. The van der Waals surface area contributed by atoms with Gasteiger partial charge in [0.15, 0.2) is 0 Å². The number of halogens is 3. The van der Waals surface area contributed by atoms with Crippen LogP contribution in [-0.2, 0) is 34.1 Å². The molecule has 220 valence electrons. The second-order valence-electron chi connectivity index (χ2n) is 6.44. The van der Waals surface area contributed by atoms with Crippen LogP contribution in [0.25, 0.3) is 16.0 Å². The van der Waals surface area contributed by atoms with Crippen molar-refractivity contribution in [3.8, 4) is 5.75 Å². The summed E-state index contributed by atoms with van der Waals surface area (Å²) in [7, 11) is -1.96. The molecule has 0 unspecified atom stereocenters. The van der Waals surface area contributed by atoms with Crippen LogP contribution >= 0.6 is 11.6 Å². The molecule has 0 aliphatic carbocycles. The summed E-state index contributed by atoms with van der Waals surface area (Å²) in [6.07, 6.45) is 3.18. The molecule has 37 heavy (non-hydrogen) atoms. The zero-order chi connectivity index (χ0) is 28.2. The van der Waals surface area contributed by atoms with E-state index in [1.165, 1.54) is 4.91 Å². The average Bonchev–Trinajstić information content (AvgIpc) is 2.63. The Balaban J connectivity index is -0.000000189. The first-order chi connectivity index (χ1) is 15.8. The Morgan fingerprint density at radius 3 is 1.24 bits per heavy atom. The minimum absolute atomic E-state index is 0. The Labute approximate surface area is 244 Å². The Morgan fingerprint density at radius 2 is 1.03 bits per heavy atom. The van der Waals surface area contributed by atoms with E-state index in [9.17, 15) is 5.11 Å². The van der Waals surface area contributed by atoms with Crippen molar-refractivity contribution >= 4 is 24.0 Å². The van der Waals surface area contributed by atoms with Crippen molar-refractivity contribution in [2.45, 2.75) is 0 Å². The fourth-order valence-corrected chi connectivity index (χ4v) is 1.90. The van der Waals surface area contributed by atoms with Gasteiger partial charge in [-0.2, -0.15) is 0 Å². The molecule has 0 bridgehead atoms. The number of aliphatic imine (C=N–C) groups is 2. The summed E-state index contributed by atoms with van der Waals surface area (Å²) < 4.78 is 67.9. The number of nitrogens with zero attached hydrogens (tertiary/aromatic N) is 7. The summed E-state index contributed by atoms with van der Waals surface area (Å²) in [5.41, 5.74) is 14.5. The van der Waals surface area contributed by atoms with Crippen LogP contribution in [0.3, 0.4) is 0 Å². The van der Waals surface area contributed by atoms with E-state index < -0.39 is 20.5 Å². The molecule has 0 aliphatic heterocycles. The fourth-order valence-electron chi connectivity index (χ4n) is 1.67. The molecule has 0 heterocycles. The number of hydrogen-bond acceptors (Lipinski definition) is 13. The van der Waals surface area contributed by atoms with E-state index >= 15 is 0 Å². The van der Waals surface area contributed by atoms with Gasteiger partial charge in [0.2, 0.25) is 0 Å². The molecule has 0 aliphatic rings. The predicted molar refractivity (Wildman–Crippen MR) is 103 cm³/mol. The van der Waals surface area contributed by atoms with Crippen molar-refractivity contribution in [3.05, 3.63) is 44.3 Å². The Morgan fingerprint density at radius 1 is 0.784 bits per heavy atom. The molecule has 16 nitrogen and oxygen atoms in total. The van der Waals surface area contributed by atoms with Gasteiger partial charge in [0.1, 0.15) is 0 Å². The van der Waals surface area contributed by atoms with Crippen LogP contribution in [-0.4, -0.2) is 76.6 Å². The zero-order valence-electron chi connectivity index (χ0n) is 19.7. The second kappa shape index (κ2) is 25.5. The molecule has 0 saturated carbocycles. The minimum atomic E-state index is -4.94. The fraction of sp³-hybridized carbons (Fsp3) is 0.500. The molecule has 0 atom stereocenters. The SMILES string of the molecule is CN(C)CCN=Cc1cc(Cl)cc(C=NCCN(C)C)c1[O-].[Cu+2].[Cu+2].[N-]=[N+]=[N-].[O-][Cl+3]([O-])([O-])[O-].[O-][Cl+3]([O-])([O-])[O-]. The second-order valence-corrected chi connectivity index (χ2v) is 8.38. The van der Waals surface area contributed by atoms with Crippen molar-refractivity contribution in [2.24, 2.45) is 9.98 Å². The molecule has 21 heteroatoms. The van der Waals surface area contributed by atoms with Crippen LogP contribution in [0.15, 0.2) is 22.1 Å². The summed E-state index contributed by atoms with van der Waals surface area (Å²) >= 11 is 6.07. The minimum Gasteiger partial charge on any atom is -0.872 e. The molecule has 0 saturated heterocycles. The van der Waals surface area contributed by atoms with E-state index in [2.05, 4.69) is 9.98 Å². The summed E-state index contributed by atoms with van der Waals surface area (Å²) in [4.78, 5) is 14.1. The van der Waals surface area contributed by atoms with Crippen molar-refractivity contribution in [1.29, 1.82) is 0 Å². The van der Waals surface area contributed by atoms with Crippen molar-refractivity contribution < 1.29 is 97.0 Å². The molecule has 0 N–H and O–H groups in total. The first-order valence-electron chi connectivity index (χ1n) is 8.83. The van der Waals surface area contributed by atoms with Gasteiger partial charge in [0.25, 0.3) is 0 Å². The monoisotopic (exact) mass is 689 g/mol. The molecular weight excluding hydrogens is 668 g/mol. The quantitative estimate of drug-likeness (QED) is 0.0810. The van der Waals surface area contributed by atoms with Gasteiger partial charge in [-0.25, -0.2) is 37.3 Å². The van der Waals surface area contributed by atoms with Crippen LogP contribution in [0.5, 0.6) is 5.75 Å². The molecule has 1 rings (SSSR count). The van der Waals surface area contributed by atoms with Gasteiger partial charge in [-0.15, -0.1) is 20.5 Å². The average molecular weight is 692 g/mol. The third-order valence-corrected chi connectivity index (χ3v) is 3.14. The van der Waals surface area contributed by atoms with Gasteiger partial charge >= 0.3 is 34.1 Å². The third-order valence-electron chi connectivity index (χ3n) is 2.92. The maximum atomic E-state index is 12.3. The normalized spacial score (nSPS) is 10.8. The maximum absolute atomic E-state index is 12.3. The third kappa shape index (κ3) is 45.5. The topological polar surface area (TPSA) is 297 Å². The molecule has 0 amide bonds. The van der Waals surface area contributed by atoms with Gasteiger partial charge in [-0.05, 0) is 51.5 Å². The van der Waals surface area contributed by atoms with Crippen LogP contribution in [0.1, 0.15) is 11.1 Å². The van der Waals surface area contributed by atoms with Gasteiger partial charge < -0.3 is 26.0 Å². The Bertz CT molecular complexity index is 740. The standard InChI is InChI=1S/C16H25ClN4O.2ClHO4.2Cu.N3/c1-20(2)7-5-18-11-13-9-15(17)10-14(16(13)22)12-19-6-8-21(3)4;2*2-1(3,4)5;;;1-3-2/h9-12,22H,5-8H2,1-4H3;2*(H,2,3,4,5);;;/q;;;2*+2;-1/p-3. The van der Waals surface area contributed by atoms with E-state index in [1.807, 2.05) is 38.0 Å². The van der Waals surface area contributed by atoms with Crippen LogP contribution < -0.4 is 42.4 Å². The summed E-state index contributed by atoms with van der Waals surface area (Å²) in [5.74, 6) is -0.0911. The van der Waals surface area contributed by atoms with Crippen molar-refractivity contribution in [2.75, 3.05) is 54.4 Å². The van der Waals surface area contributed by atoms with Crippen LogP contribution in [0.2, 0.25) is 5.02 Å². The van der Waals surface area contributed by atoms with Gasteiger partial charge in [0, 0.05) is 30.5 Å². The van der Waals surface area contributed by atoms with Crippen molar-refractivity contribution in [1.82, 2.24) is 9.80 Å². The van der Waals surface area contributed by atoms with Crippen LogP contribution in [0, 0.1) is 20.5 Å².